The molecule has 0 aliphatic heterocycles. The van der Waals surface area contributed by atoms with Crippen molar-refractivity contribution in [1.82, 2.24) is 0 Å². The van der Waals surface area contributed by atoms with Gasteiger partial charge in [0.1, 0.15) is 12.4 Å². The zero-order valence-corrected chi connectivity index (χ0v) is 9.29. The Labute approximate surface area is 97.8 Å². The van der Waals surface area contributed by atoms with E-state index in [9.17, 15) is 4.79 Å². The van der Waals surface area contributed by atoms with Gasteiger partial charge in [0.2, 0.25) is 5.91 Å². The molecule has 1 aromatic carbocycles. The second kappa shape index (κ2) is 5.59. The third kappa shape index (κ3) is 2.85. The quantitative estimate of drug-likeness (QED) is 0.604. The minimum atomic E-state index is -0.341. The average Bonchev–Trinajstić information content (AvgIpc) is 2.26. The molecule has 0 unspecified atom stereocenters. The van der Waals surface area contributed by atoms with Crippen molar-refractivity contribution in [3.8, 4) is 6.07 Å². The average molecular weight is 243 g/mol. The number of carbonyl (C=O) groups excluding carboxylic acids is 1. The van der Waals surface area contributed by atoms with Crippen LogP contribution in [-0.4, -0.2) is 18.3 Å². The molecule has 1 aromatic rings. The molecule has 0 aliphatic rings. The second-order valence-corrected chi connectivity index (χ2v) is 3.40. The molecule has 3 nitrogen and oxygen atoms in total. The molecule has 0 aromatic heterocycles. The standard InChI is InChI=1S/C10H8Cl2N2O/c11-7-10(15)14(6-5-13)9-4-2-1-3-8(9)12/h1-4H,6-7H2. The first kappa shape index (κ1) is 11.8. The number of hydrogen-bond donors (Lipinski definition) is 0. The zero-order valence-electron chi connectivity index (χ0n) is 7.78. The van der Waals surface area contributed by atoms with Crippen LogP contribution >= 0.6 is 23.2 Å². The predicted octanol–water partition coefficient (Wildman–Crippen LogP) is 2.44. The van der Waals surface area contributed by atoms with Crippen molar-refractivity contribution < 1.29 is 4.79 Å². The van der Waals surface area contributed by atoms with Crippen molar-refractivity contribution in [2.75, 3.05) is 17.3 Å². The molecule has 0 saturated heterocycles. The van der Waals surface area contributed by atoms with Gasteiger partial charge < -0.3 is 0 Å². The molecule has 5 heteroatoms. The second-order valence-electron chi connectivity index (χ2n) is 2.72. The van der Waals surface area contributed by atoms with Crippen molar-refractivity contribution in [3.05, 3.63) is 29.3 Å². The van der Waals surface area contributed by atoms with E-state index in [4.69, 9.17) is 28.5 Å². The Balaban J connectivity index is 3.05. The normalized spacial score (nSPS) is 9.40. The summed E-state index contributed by atoms with van der Waals surface area (Å²) in [6, 6.07) is 8.72. The molecule has 0 N–H and O–H groups in total. The number of para-hydroxylation sites is 1. The van der Waals surface area contributed by atoms with Crippen LogP contribution in [0, 0.1) is 11.3 Å². The van der Waals surface area contributed by atoms with Gasteiger partial charge in [-0.2, -0.15) is 5.26 Å². The smallest absolute Gasteiger partial charge is 0.242 e. The fourth-order valence-corrected chi connectivity index (χ4v) is 1.50. The van der Waals surface area contributed by atoms with E-state index in [2.05, 4.69) is 0 Å². The van der Waals surface area contributed by atoms with E-state index in [0.29, 0.717) is 10.7 Å². The summed E-state index contributed by atoms with van der Waals surface area (Å²) in [4.78, 5) is 12.7. The highest BCUT2D eigenvalue weighted by atomic mass is 35.5. The van der Waals surface area contributed by atoms with E-state index in [1.54, 1.807) is 24.3 Å². The van der Waals surface area contributed by atoms with E-state index in [1.807, 2.05) is 6.07 Å². The summed E-state index contributed by atoms with van der Waals surface area (Å²) in [5, 5.41) is 9.03. The number of alkyl halides is 1. The van der Waals surface area contributed by atoms with Gasteiger partial charge in [-0.25, -0.2) is 0 Å². The number of anilines is 1. The highest BCUT2D eigenvalue weighted by Crippen LogP contribution is 2.25. The van der Waals surface area contributed by atoms with Crippen molar-refractivity contribution in [2.24, 2.45) is 0 Å². The Morgan fingerprint density at radius 2 is 2.13 bits per heavy atom. The number of benzene rings is 1. The molecular formula is C10H8Cl2N2O. The fraction of sp³-hybridized carbons (Fsp3) is 0.200. The minimum Gasteiger partial charge on any atom is -0.296 e. The molecule has 0 bridgehead atoms. The summed E-state index contributed by atoms with van der Waals surface area (Å²) >= 11 is 11.4. The number of carbonyl (C=O) groups is 1. The molecule has 1 rings (SSSR count). The van der Waals surface area contributed by atoms with Crippen LogP contribution in [0.5, 0.6) is 0 Å². The Hall–Kier alpha value is -1.24. The lowest BCUT2D eigenvalue weighted by Gasteiger charge is -2.19. The van der Waals surface area contributed by atoms with Crippen molar-refractivity contribution >= 4 is 34.8 Å². The Morgan fingerprint density at radius 3 is 2.67 bits per heavy atom. The number of rotatable bonds is 3. The largest absolute Gasteiger partial charge is 0.296 e. The zero-order chi connectivity index (χ0) is 11.3. The Kier molecular flexibility index (Phi) is 4.41. The molecule has 0 atom stereocenters. The maximum atomic E-state index is 11.4. The van der Waals surface area contributed by atoms with E-state index in [-0.39, 0.29) is 18.3 Å². The van der Waals surface area contributed by atoms with E-state index < -0.39 is 0 Å². The van der Waals surface area contributed by atoms with Crippen molar-refractivity contribution in [3.63, 3.8) is 0 Å². The van der Waals surface area contributed by atoms with Crippen LogP contribution in [0.3, 0.4) is 0 Å². The first-order chi connectivity index (χ1) is 7.20. The van der Waals surface area contributed by atoms with Gasteiger partial charge in [-0.15, -0.1) is 11.6 Å². The summed E-state index contributed by atoms with van der Waals surface area (Å²) < 4.78 is 0. The van der Waals surface area contributed by atoms with Gasteiger partial charge in [0.25, 0.3) is 0 Å². The lowest BCUT2D eigenvalue weighted by molar-refractivity contribution is -0.116. The molecule has 78 valence electrons. The summed E-state index contributed by atoms with van der Waals surface area (Å²) in [6.07, 6.45) is 0. The highest BCUT2D eigenvalue weighted by Gasteiger charge is 2.16. The Bertz CT molecular complexity index is 401. The third-order valence-corrected chi connectivity index (χ3v) is 2.34. The molecule has 1 amide bonds. The monoisotopic (exact) mass is 242 g/mol. The predicted molar refractivity (Wildman–Crippen MR) is 60.1 cm³/mol. The molecule has 0 spiro atoms. The molecule has 0 fully saturated rings. The van der Waals surface area contributed by atoms with Gasteiger partial charge in [-0.05, 0) is 12.1 Å². The summed E-state index contributed by atoms with van der Waals surface area (Å²) in [5.74, 6) is -0.515. The van der Waals surface area contributed by atoms with E-state index in [0.717, 1.165) is 0 Å². The molecule has 0 heterocycles. The van der Waals surface area contributed by atoms with Gasteiger partial charge in [-0.3, -0.25) is 9.69 Å². The minimum absolute atomic E-state index is 0.0602. The molecule has 0 saturated carbocycles. The molecule has 15 heavy (non-hydrogen) atoms. The fourth-order valence-electron chi connectivity index (χ4n) is 1.12. The number of halogens is 2. The lowest BCUT2D eigenvalue weighted by Crippen LogP contribution is -2.32. The maximum Gasteiger partial charge on any atom is 0.242 e. The SMILES string of the molecule is N#CCN(C(=O)CCl)c1ccccc1Cl. The number of nitriles is 1. The van der Waals surface area contributed by atoms with Crippen molar-refractivity contribution in [2.45, 2.75) is 0 Å². The first-order valence-electron chi connectivity index (χ1n) is 4.18. The highest BCUT2D eigenvalue weighted by molar-refractivity contribution is 6.35. The summed E-state index contributed by atoms with van der Waals surface area (Å²) in [5.41, 5.74) is 0.506. The summed E-state index contributed by atoms with van der Waals surface area (Å²) in [6.45, 7) is -0.0602. The summed E-state index contributed by atoms with van der Waals surface area (Å²) in [7, 11) is 0. The number of amides is 1. The van der Waals surface area contributed by atoms with Crippen LogP contribution in [0.15, 0.2) is 24.3 Å². The number of nitrogens with zero attached hydrogens (tertiary/aromatic N) is 2. The van der Waals surface area contributed by atoms with Crippen molar-refractivity contribution in [1.29, 1.82) is 5.26 Å². The molecule has 0 radical (unpaired) electrons. The van der Waals surface area contributed by atoms with Crippen LogP contribution in [0.25, 0.3) is 0 Å². The van der Waals surface area contributed by atoms with Gasteiger partial charge in [0, 0.05) is 0 Å². The van der Waals surface area contributed by atoms with Gasteiger partial charge in [-0.1, -0.05) is 23.7 Å². The van der Waals surface area contributed by atoms with Gasteiger partial charge in [0.05, 0.1) is 16.8 Å². The molecular weight excluding hydrogens is 235 g/mol. The maximum absolute atomic E-state index is 11.4. The van der Waals surface area contributed by atoms with Crippen LogP contribution in [0.2, 0.25) is 5.02 Å². The van der Waals surface area contributed by atoms with Crippen LogP contribution in [-0.2, 0) is 4.79 Å². The lowest BCUT2D eigenvalue weighted by atomic mass is 10.3. The van der Waals surface area contributed by atoms with Gasteiger partial charge >= 0.3 is 0 Å². The molecule has 0 aliphatic carbocycles. The topological polar surface area (TPSA) is 44.1 Å². The van der Waals surface area contributed by atoms with E-state index >= 15 is 0 Å². The van der Waals surface area contributed by atoms with E-state index in [1.165, 1.54) is 4.90 Å². The van der Waals surface area contributed by atoms with Crippen LogP contribution in [0.4, 0.5) is 5.69 Å². The third-order valence-electron chi connectivity index (χ3n) is 1.79. The number of hydrogen-bond acceptors (Lipinski definition) is 2. The van der Waals surface area contributed by atoms with Crippen LogP contribution < -0.4 is 4.90 Å². The van der Waals surface area contributed by atoms with Gasteiger partial charge in [0.15, 0.2) is 0 Å². The van der Waals surface area contributed by atoms with Crippen LogP contribution in [0.1, 0.15) is 0 Å². The first-order valence-corrected chi connectivity index (χ1v) is 5.09. The Morgan fingerprint density at radius 1 is 1.47 bits per heavy atom.